The summed E-state index contributed by atoms with van der Waals surface area (Å²) < 4.78 is 35.2. The highest BCUT2D eigenvalue weighted by Gasteiger charge is 2.34. The van der Waals surface area contributed by atoms with Crippen molar-refractivity contribution in [2.24, 2.45) is 0 Å². The molecule has 0 N–H and O–H groups in total. The Hall–Kier alpha value is -3.53. The first kappa shape index (κ1) is 22.7. The van der Waals surface area contributed by atoms with Crippen molar-refractivity contribution in [2.75, 3.05) is 20.3 Å². The fraction of sp³-hybridized carbons (Fsp3) is 0.250. The molecule has 4 heterocycles. The molecule has 4 aliphatic rings. The first-order valence-electron chi connectivity index (χ1n) is 11.9. The van der Waals surface area contributed by atoms with Gasteiger partial charge in [0.2, 0.25) is 12.6 Å². The van der Waals surface area contributed by atoms with E-state index in [1.54, 1.807) is 6.08 Å². The fourth-order valence-electron chi connectivity index (χ4n) is 5.15. The molecule has 0 saturated heterocycles. The van der Waals surface area contributed by atoms with Crippen LogP contribution in [0, 0.1) is 6.92 Å². The van der Waals surface area contributed by atoms with Crippen molar-refractivity contribution in [1.29, 1.82) is 0 Å². The van der Waals surface area contributed by atoms with Crippen molar-refractivity contribution in [3.05, 3.63) is 80.0 Å². The maximum absolute atomic E-state index is 13.4. The number of hydrogen-bond acceptors (Lipinski definition) is 8. The van der Waals surface area contributed by atoms with E-state index in [-0.39, 0.29) is 25.1 Å². The summed E-state index contributed by atoms with van der Waals surface area (Å²) in [7, 11) is 0. The Labute approximate surface area is 221 Å². The maximum atomic E-state index is 13.4. The summed E-state index contributed by atoms with van der Waals surface area (Å²) in [5.41, 5.74) is 5.11. The minimum Gasteiger partial charge on any atom is -0.477 e. The molecule has 188 valence electrons. The number of carbonyl (C=O) groups excluding carboxylic acids is 1. The molecule has 9 heteroatoms. The van der Waals surface area contributed by atoms with Crippen LogP contribution in [0.5, 0.6) is 28.7 Å². The molecule has 0 atom stereocenters. The molecule has 0 fully saturated rings. The first-order chi connectivity index (χ1) is 18.0. The monoisotopic (exact) mass is 563 g/mol. The number of Topliss-reactive ketones (excluding diaryl/α,β-unsaturated/α-hetero) is 1. The molecule has 0 saturated carbocycles. The van der Waals surface area contributed by atoms with Gasteiger partial charge < -0.3 is 28.4 Å². The van der Waals surface area contributed by atoms with E-state index in [2.05, 4.69) is 20.8 Å². The van der Waals surface area contributed by atoms with Crippen molar-refractivity contribution in [3.8, 4) is 28.7 Å². The van der Waals surface area contributed by atoms with E-state index < -0.39 is 0 Å². The Morgan fingerprint density at radius 1 is 0.946 bits per heavy atom. The van der Waals surface area contributed by atoms with E-state index in [0.29, 0.717) is 43.5 Å². The second kappa shape index (κ2) is 8.79. The first-order valence-corrected chi connectivity index (χ1v) is 12.7. The molecular formula is C28H22BrNO7. The summed E-state index contributed by atoms with van der Waals surface area (Å²) in [6, 6.07) is 11.7. The van der Waals surface area contributed by atoms with Gasteiger partial charge in [-0.15, -0.1) is 0 Å². The Morgan fingerprint density at radius 2 is 1.84 bits per heavy atom. The molecule has 3 aromatic carbocycles. The van der Waals surface area contributed by atoms with Crippen LogP contribution in [0.4, 0.5) is 0 Å². The van der Waals surface area contributed by atoms with Crippen LogP contribution in [0.2, 0.25) is 0 Å². The third kappa shape index (κ3) is 3.94. The number of benzene rings is 3. The smallest absolute Gasteiger partial charge is 0.231 e. The zero-order chi connectivity index (χ0) is 25.1. The molecule has 0 spiro atoms. The molecule has 37 heavy (non-hydrogen) atoms. The number of fused-ring (bicyclic) bond motifs is 4. The highest BCUT2D eigenvalue weighted by Crippen LogP contribution is 2.44. The maximum Gasteiger partial charge on any atom is 0.231 e. The van der Waals surface area contributed by atoms with Gasteiger partial charge in [0.15, 0.2) is 24.1 Å². The van der Waals surface area contributed by atoms with Gasteiger partial charge in [-0.05, 0) is 48.9 Å². The molecule has 0 unspecified atom stereocenters. The van der Waals surface area contributed by atoms with E-state index in [0.717, 1.165) is 49.5 Å². The van der Waals surface area contributed by atoms with Gasteiger partial charge in [0.1, 0.15) is 24.0 Å². The van der Waals surface area contributed by atoms with Crippen LogP contribution in [0.3, 0.4) is 0 Å². The highest BCUT2D eigenvalue weighted by atomic mass is 79.9. The van der Waals surface area contributed by atoms with Gasteiger partial charge in [-0.2, -0.15) is 0 Å². The zero-order valence-corrected chi connectivity index (χ0v) is 21.6. The van der Waals surface area contributed by atoms with E-state index in [9.17, 15) is 4.79 Å². The summed E-state index contributed by atoms with van der Waals surface area (Å²) in [6.07, 6.45) is 1.74. The van der Waals surface area contributed by atoms with Gasteiger partial charge in [0.25, 0.3) is 0 Å². The third-order valence-electron chi connectivity index (χ3n) is 6.84. The number of nitrogens with zero attached hydrogens (tertiary/aromatic N) is 1. The van der Waals surface area contributed by atoms with Crippen molar-refractivity contribution < 1.29 is 33.2 Å². The van der Waals surface area contributed by atoms with Crippen molar-refractivity contribution in [3.63, 3.8) is 0 Å². The minimum absolute atomic E-state index is 0.158. The zero-order valence-electron chi connectivity index (χ0n) is 20.0. The van der Waals surface area contributed by atoms with Crippen LogP contribution in [0.15, 0.2) is 46.6 Å². The van der Waals surface area contributed by atoms with Gasteiger partial charge in [0, 0.05) is 39.8 Å². The van der Waals surface area contributed by atoms with Gasteiger partial charge in [-0.1, -0.05) is 22.0 Å². The largest absolute Gasteiger partial charge is 0.477 e. The summed E-state index contributed by atoms with van der Waals surface area (Å²) in [5.74, 6) is 3.65. The lowest BCUT2D eigenvalue weighted by atomic mass is 9.99. The molecule has 4 aliphatic heterocycles. The van der Waals surface area contributed by atoms with E-state index >= 15 is 0 Å². The topological polar surface area (TPSA) is 75.7 Å². The highest BCUT2D eigenvalue weighted by molar-refractivity contribution is 9.10. The quantitative estimate of drug-likeness (QED) is 0.396. The molecule has 0 radical (unpaired) electrons. The normalized spacial score (nSPS) is 18.5. The van der Waals surface area contributed by atoms with E-state index in [4.69, 9.17) is 28.4 Å². The lowest BCUT2D eigenvalue weighted by Gasteiger charge is -2.30. The van der Waals surface area contributed by atoms with Crippen molar-refractivity contribution >= 4 is 27.8 Å². The molecule has 0 aromatic heterocycles. The lowest BCUT2D eigenvalue weighted by Crippen LogP contribution is -2.32. The number of rotatable bonds is 3. The Kier molecular flexibility index (Phi) is 5.38. The Morgan fingerprint density at radius 3 is 2.76 bits per heavy atom. The van der Waals surface area contributed by atoms with Gasteiger partial charge in [-0.25, -0.2) is 0 Å². The molecule has 0 aliphatic carbocycles. The Bertz CT molecular complexity index is 1500. The third-order valence-corrected chi connectivity index (χ3v) is 7.29. The molecule has 0 bridgehead atoms. The number of ether oxygens (including phenoxy) is 6. The van der Waals surface area contributed by atoms with Crippen LogP contribution < -0.4 is 23.7 Å². The summed E-state index contributed by atoms with van der Waals surface area (Å²) >= 11 is 3.53. The number of ketones is 1. The van der Waals surface area contributed by atoms with Crippen LogP contribution >= 0.6 is 15.9 Å². The van der Waals surface area contributed by atoms with Gasteiger partial charge >= 0.3 is 0 Å². The van der Waals surface area contributed by atoms with Crippen molar-refractivity contribution in [1.82, 2.24) is 4.90 Å². The average Bonchev–Trinajstić information content (AvgIpc) is 3.48. The van der Waals surface area contributed by atoms with Crippen LogP contribution in [-0.2, 0) is 24.4 Å². The van der Waals surface area contributed by atoms with Crippen LogP contribution in [0.1, 0.15) is 38.2 Å². The molecule has 8 nitrogen and oxygen atoms in total. The van der Waals surface area contributed by atoms with Crippen LogP contribution in [0.25, 0.3) is 6.08 Å². The summed E-state index contributed by atoms with van der Waals surface area (Å²) in [6.45, 7) is 4.57. The molecule has 0 amide bonds. The number of allylic oxidation sites excluding steroid dienone is 1. The minimum atomic E-state index is -0.158. The fourth-order valence-corrected chi connectivity index (χ4v) is 5.68. The lowest BCUT2D eigenvalue weighted by molar-refractivity contribution is -0.0165. The van der Waals surface area contributed by atoms with E-state index in [1.807, 2.05) is 43.3 Å². The average molecular weight is 564 g/mol. The van der Waals surface area contributed by atoms with Gasteiger partial charge in [-0.3, -0.25) is 9.69 Å². The predicted octanol–water partition coefficient (Wildman–Crippen LogP) is 5.32. The van der Waals surface area contributed by atoms with Gasteiger partial charge in [0.05, 0.1) is 12.2 Å². The Balaban J connectivity index is 1.16. The standard InChI is InChI=1S/C28H22BrNO7/c1-15-26-18(10-30(12-33-26)9-16-2-3-22-23(4-16)35-14-34-22)7-21-25(31)24(37-27(15)21)8-17-5-20(29)6-19-11-32-13-36-28(17)19/h2-8H,9-14H2,1H3/b24-8-. The van der Waals surface area contributed by atoms with E-state index in [1.165, 1.54) is 0 Å². The molecular weight excluding hydrogens is 542 g/mol. The number of halogens is 1. The SMILES string of the molecule is Cc1c2c(cc3c1O/C(=C\c1cc(Br)cc4c1OCOC4)C3=O)CN(Cc1ccc3c(c1)OCO3)CO2. The second-order valence-electron chi connectivity index (χ2n) is 9.35. The second-order valence-corrected chi connectivity index (χ2v) is 10.3. The summed E-state index contributed by atoms with van der Waals surface area (Å²) in [4.78, 5) is 15.6. The van der Waals surface area contributed by atoms with Crippen molar-refractivity contribution in [2.45, 2.75) is 26.6 Å². The predicted molar refractivity (Wildman–Crippen MR) is 136 cm³/mol. The number of hydrogen-bond donors (Lipinski definition) is 0. The molecule has 7 rings (SSSR count). The number of carbonyl (C=O) groups is 1. The molecule has 3 aromatic rings. The van der Waals surface area contributed by atoms with Crippen LogP contribution in [-0.4, -0.2) is 31.0 Å². The summed E-state index contributed by atoms with van der Waals surface area (Å²) in [5, 5.41) is 0.